The zero-order valence-electron chi connectivity index (χ0n) is 11.7. The summed E-state index contributed by atoms with van der Waals surface area (Å²) in [6.07, 6.45) is 5.79. The van der Waals surface area contributed by atoms with Crippen molar-refractivity contribution < 1.29 is 0 Å². The Labute approximate surface area is 114 Å². The topological polar surface area (TPSA) is 29.9 Å². The van der Waals surface area contributed by atoms with E-state index in [1.807, 2.05) is 0 Å². The van der Waals surface area contributed by atoms with Crippen LogP contribution in [0.4, 0.5) is 5.95 Å². The molecule has 1 saturated carbocycles. The highest BCUT2D eigenvalue weighted by Crippen LogP contribution is 2.37. The number of nitrogens with one attached hydrogen (secondary N) is 1. The zero-order valence-corrected chi connectivity index (χ0v) is 11.7. The van der Waals surface area contributed by atoms with E-state index in [1.165, 1.54) is 24.0 Å². The first kappa shape index (κ1) is 12.3. The second kappa shape index (κ2) is 5.08. The van der Waals surface area contributed by atoms with Crippen LogP contribution in [0, 0.1) is 13.8 Å². The lowest BCUT2D eigenvalue weighted by Crippen LogP contribution is -2.10. The Balaban J connectivity index is 1.60. The SMILES string of the molecule is Cc1cccc(CCNc2nc(C)cn2C2CC2)c1. The number of benzene rings is 1. The molecule has 100 valence electrons. The number of hydrogen-bond donors (Lipinski definition) is 1. The maximum absolute atomic E-state index is 4.57. The predicted octanol–water partition coefficient (Wildman–Crippen LogP) is 3.49. The van der Waals surface area contributed by atoms with E-state index in [1.54, 1.807) is 0 Å². The van der Waals surface area contributed by atoms with Crippen LogP contribution in [0.3, 0.4) is 0 Å². The fourth-order valence-corrected chi connectivity index (χ4v) is 2.46. The number of rotatable bonds is 5. The summed E-state index contributed by atoms with van der Waals surface area (Å²) in [4.78, 5) is 4.57. The molecule has 0 radical (unpaired) electrons. The second-order valence-electron chi connectivity index (χ2n) is 5.51. The zero-order chi connectivity index (χ0) is 13.2. The molecule has 1 heterocycles. The lowest BCUT2D eigenvalue weighted by atomic mass is 10.1. The summed E-state index contributed by atoms with van der Waals surface area (Å²) >= 11 is 0. The molecular formula is C16H21N3. The van der Waals surface area contributed by atoms with Gasteiger partial charge in [-0.15, -0.1) is 0 Å². The third-order valence-electron chi connectivity index (χ3n) is 3.57. The van der Waals surface area contributed by atoms with Crippen LogP contribution in [0.2, 0.25) is 0 Å². The second-order valence-corrected chi connectivity index (χ2v) is 5.51. The van der Waals surface area contributed by atoms with Crippen molar-refractivity contribution in [2.45, 2.75) is 39.2 Å². The quantitative estimate of drug-likeness (QED) is 0.886. The van der Waals surface area contributed by atoms with Gasteiger partial charge in [-0.3, -0.25) is 0 Å². The van der Waals surface area contributed by atoms with Crippen molar-refractivity contribution in [2.24, 2.45) is 0 Å². The van der Waals surface area contributed by atoms with Crippen molar-refractivity contribution in [3.8, 4) is 0 Å². The summed E-state index contributed by atoms with van der Waals surface area (Å²) < 4.78 is 2.30. The molecule has 0 spiro atoms. The van der Waals surface area contributed by atoms with Gasteiger partial charge in [0.05, 0.1) is 5.69 Å². The van der Waals surface area contributed by atoms with Gasteiger partial charge in [-0.2, -0.15) is 0 Å². The number of anilines is 1. The van der Waals surface area contributed by atoms with Crippen molar-refractivity contribution in [1.82, 2.24) is 9.55 Å². The Kier molecular flexibility index (Phi) is 3.28. The van der Waals surface area contributed by atoms with Crippen molar-refractivity contribution in [2.75, 3.05) is 11.9 Å². The van der Waals surface area contributed by atoms with E-state index < -0.39 is 0 Å². The van der Waals surface area contributed by atoms with Gasteiger partial charge in [-0.1, -0.05) is 29.8 Å². The molecule has 3 heteroatoms. The van der Waals surface area contributed by atoms with Gasteiger partial charge >= 0.3 is 0 Å². The fourth-order valence-electron chi connectivity index (χ4n) is 2.46. The number of nitrogens with zero attached hydrogens (tertiary/aromatic N) is 2. The van der Waals surface area contributed by atoms with Gasteiger partial charge < -0.3 is 9.88 Å². The maximum atomic E-state index is 4.57. The number of aryl methyl sites for hydroxylation is 2. The molecule has 0 amide bonds. The Bertz CT molecular complexity index is 567. The molecule has 3 nitrogen and oxygen atoms in total. The lowest BCUT2D eigenvalue weighted by Gasteiger charge is -2.09. The molecule has 0 saturated heterocycles. The van der Waals surface area contributed by atoms with Crippen LogP contribution in [0.1, 0.15) is 35.7 Å². The third-order valence-corrected chi connectivity index (χ3v) is 3.57. The summed E-state index contributed by atoms with van der Waals surface area (Å²) in [5.74, 6) is 1.03. The van der Waals surface area contributed by atoms with E-state index in [0.717, 1.165) is 24.6 Å². The van der Waals surface area contributed by atoms with Gasteiger partial charge in [0.15, 0.2) is 0 Å². The molecule has 1 aliphatic carbocycles. The van der Waals surface area contributed by atoms with Crippen LogP contribution in [-0.2, 0) is 6.42 Å². The van der Waals surface area contributed by atoms with Crippen molar-refractivity contribution >= 4 is 5.95 Å². The van der Waals surface area contributed by atoms with Crippen LogP contribution in [-0.4, -0.2) is 16.1 Å². The van der Waals surface area contributed by atoms with Gasteiger partial charge in [0.1, 0.15) is 0 Å². The molecule has 1 aliphatic rings. The molecule has 0 aliphatic heterocycles. The van der Waals surface area contributed by atoms with E-state index in [2.05, 4.69) is 59.2 Å². The summed E-state index contributed by atoms with van der Waals surface area (Å²) in [7, 11) is 0. The van der Waals surface area contributed by atoms with E-state index in [4.69, 9.17) is 0 Å². The summed E-state index contributed by atoms with van der Waals surface area (Å²) in [6, 6.07) is 9.39. The molecule has 1 fully saturated rings. The largest absolute Gasteiger partial charge is 0.355 e. The summed E-state index contributed by atoms with van der Waals surface area (Å²) in [6.45, 7) is 5.14. The Morgan fingerprint density at radius 1 is 1.32 bits per heavy atom. The summed E-state index contributed by atoms with van der Waals surface area (Å²) in [5.41, 5.74) is 3.81. The lowest BCUT2D eigenvalue weighted by molar-refractivity contribution is 0.742. The maximum Gasteiger partial charge on any atom is 0.203 e. The predicted molar refractivity (Wildman–Crippen MR) is 78.6 cm³/mol. The van der Waals surface area contributed by atoms with Gasteiger partial charge in [0, 0.05) is 18.8 Å². The van der Waals surface area contributed by atoms with Gasteiger partial charge in [-0.25, -0.2) is 4.98 Å². The van der Waals surface area contributed by atoms with Crippen LogP contribution in [0.15, 0.2) is 30.5 Å². The average molecular weight is 255 g/mol. The highest BCUT2D eigenvalue weighted by molar-refractivity contribution is 5.31. The molecule has 3 rings (SSSR count). The molecule has 0 unspecified atom stereocenters. The Hall–Kier alpha value is -1.77. The third kappa shape index (κ3) is 2.98. The van der Waals surface area contributed by atoms with Crippen molar-refractivity contribution in [3.63, 3.8) is 0 Å². The Morgan fingerprint density at radius 3 is 2.89 bits per heavy atom. The molecule has 0 bridgehead atoms. The van der Waals surface area contributed by atoms with Crippen LogP contribution in [0.5, 0.6) is 0 Å². The first-order valence-corrected chi connectivity index (χ1v) is 7.07. The normalized spacial score (nSPS) is 14.6. The molecule has 0 atom stereocenters. The Morgan fingerprint density at radius 2 is 2.16 bits per heavy atom. The number of aromatic nitrogens is 2. The van der Waals surface area contributed by atoms with E-state index in [0.29, 0.717) is 6.04 Å². The van der Waals surface area contributed by atoms with Gasteiger partial charge in [0.2, 0.25) is 5.95 Å². The van der Waals surface area contributed by atoms with Crippen LogP contribution >= 0.6 is 0 Å². The molecule has 1 aromatic carbocycles. The average Bonchev–Trinajstić information content (AvgIpc) is 3.14. The minimum absolute atomic E-state index is 0.683. The van der Waals surface area contributed by atoms with Crippen LogP contribution in [0.25, 0.3) is 0 Å². The van der Waals surface area contributed by atoms with Crippen molar-refractivity contribution in [1.29, 1.82) is 0 Å². The molecule has 19 heavy (non-hydrogen) atoms. The highest BCUT2D eigenvalue weighted by Gasteiger charge is 2.25. The number of imidazole rings is 1. The molecular weight excluding hydrogens is 234 g/mol. The molecule has 2 aromatic rings. The van der Waals surface area contributed by atoms with Crippen molar-refractivity contribution in [3.05, 3.63) is 47.3 Å². The first-order chi connectivity index (χ1) is 9.22. The van der Waals surface area contributed by atoms with Gasteiger partial charge in [-0.05, 0) is 38.7 Å². The highest BCUT2D eigenvalue weighted by atomic mass is 15.2. The number of hydrogen-bond acceptors (Lipinski definition) is 2. The standard InChI is InChI=1S/C16H21N3/c1-12-4-3-5-14(10-12)8-9-17-16-18-13(2)11-19(16)15-6-7-15/h3-5,10-11,15H,6-9H2,1-2H3,(H,17,18). The first-order valence-electron chi connectivity index (χ1n) is 7.07. The van der Waals surface area contributed by atoms with E-state index in [9.17, 15) is 0 Å². The van der Waals surface area contributed by atoms with Gasteiger partial charge in [0.25, 0.3) is 0 Å². The minimum Gasteiger partial charge on any atom is -0.355 e. The molecule has 1 aromatic heterocycles. The summed E-state index contributed by atoms with van der Waals surface area (Å²) in [5, 5.41) is 3.48. The minimum atomic E-state index is 0.683. The smallest absolute Gasteiger partial charge is 0.203 e. The van der Waals surface area contributed by atoms with E-state index >= 15 is 0 Å². The van der Waals surface area contributed by atoms with Crippen LogP contribution < -0.4 is 5.32 Å². The monoisotopic (exact) mass is 255 g/mol. The van der Waals surface area contributed by atoms with E-state index in [-0.39, 0.29) is 0 Å². The molecule has 1 N–H and O–H groups in total. The fraction of sp³-hybridized carbons (Fsp3) is 0.438.